The molecule has 0 radical (unpaired) electrons. The van der Waals surface area contributed by atoms with E-state index in [0.717, 1.165) is 5.56 Å². The van der Waals surface area contributed by atoms with E-state index >= 15 is 0 Å². The van der Waals surface area contributed by atoms with Crippen molar-refractivity contribution in [2.45, 2.75) is 19.0 Å². The molecule has 0 aliphatic rings. The lowest BCUT2D eigenvalue weighted by Crippen LogP contribution is -2.43. The van der Waals surface area contributed by atoms with Crippen LogP contribution in [-0.2, 0) is 4.79 Å². The first kappa shape index (κ1) is 19.3. The van der Waals surface area contributed by atoms with Gasteiger partial charge < -0.3 is 10.6 Å². The van der Waals surface area contributed by atoms with Crippen molar-refractivity contribution in [2.75, 3.05) is 0 Å². The highest BCUT2D eigenvalue weighted by atomic mass is 19.1. The number of nitrogens with two attached hydrogens (primary N) is 1. The van der Waals surface area contributed by atoms with Crippen molar-refractivity contribution in [2.24, 2.45) is 5.73 Å². The van der Waals surface area contributed by atoms with E-state index in [2.05, 4.69) is 0 Å². The number of amides is 2. The molecule has 0 fully saturated rings. The summed E-state index contributed by atoms with van der Waals surface area (Å²) in [5, 5.41) is 0. The monoisotopic (exact) mass is 376 g/mol. The van der Waals surface area contributed by atoms with Gasteiger partial charge in [0, 0.05) is 0 Å². The van der Waals surface area contributed by atoms with Crippen molar-refractivity contribution in [3.63, 3.8) is 0 Å². The molecule has 0 aromatic heterocycles. The molecule has 3 aromatic rings. The van der Waals surface area contributed by atoms with Gasteiger partial charge in [0.15, 0.2) is 0 Å². The van der Waals surface area contributed by atoms with Crippen molar-refractivity contribution in [3.05, 3.63) is 107 Å². The Balaban J connectivity index is 2.14. The first-order valence-electron chi connectivity index (χ1n) is 8.97. The summed E-state index contributed by atoms with van der Waals surface area (Å²) in [7, 11) is 0. The molecule has 28 heavy (non-hydrogen) atoms. The van der Waals surface area contributed by atoms with Crippen LogP contribution in [0.4, 0.5) is 4.39 Å². The minimum Gasteiger partial charge on any atom is -0.368 e. The van der Waals surface area contributed by atoms with Crippen LogP contribution in [0, 0.1) is 5.82 Å². The Morgan fingerprint density at radius 2 is 1.32 bits per heavy atom. The van der Waals surface area contributed by atoms with E-state index in [0.29, 0.717) is 5.56 Å². The van der Waals surface area contributed by atoms with Gasteiger partial charge in [-0.2, -0.15) is 0 Å². The zero-order valence-corrected chi connectivity index (χ0v) is 15.5. The Hall–Kier alpha value is -3.47. The van der Waals surface area contributed by atoms with Crippen molar-refractivity contribution in [1.29, 1.82) is 0 Å². The van der Waals surface area contributed by atoms with Crippen LogP contribution in [0.5, 0.6) is 0 Å². The number of carbonyl (C=O) groups excluding carboxylic acids is 2. The first-order chi connectivity index (χ1) is 13.5. The molecule has 2 N–H and O–H groups in total. The zero-order chi connectivity index (χ0) is 20.1. The molecular weight excluding hydrogens is 355 g/mol. The molecule has 0 saturated carbocycles. The van der Waals surface area contributed by atoms with Crippen molar-refractivity contribution >= 4 is 11.8 Å². The molecule has 2 atom stereocenters. The number of hydrogen-bond donors (Lipinski definition) is 1. The summed E-state index contributed by atoms with van der Waals surface area (Å²) in [6.45, 7) is 1.80. The Labute approximate surface area is 163 Å². The average molecular weight is 376 g/mol. The van der Waals surface area contributed by atoms with E-state index in [1.54, 1.807) is 37.3 Å². The third-order valence-corrected chi connectivity index (χ3v) is 4.70. The van der Waals surface area contributed by atoms with Crippen LogP contribution in [-0.4, -0.2) is 16.7 Å². The minimum absolute atomic E-state index is 0.104. The number of rotatable bonds is 6. The van der Waals surface area contributed by atoms with E-state index in [4.69, 9.17) is 5.73 Å². The lowest BCUT2D eigenvalue weighted by Gasteiger charge is -2.35. The molecule has 0 heterocycles. The van der Waals surface area contributed by atoms with Gasteiger partial charge in [0.05, 0.1) is 11.6 Å². The largest absolute Gasteiger partial charge is 0.368 e. The summed E-state index contributed by atoms with van der Waals surface area (Å²) >= 11 is 0. The van der Waals surface area contributed by atoms with Crippen LogP contribution in [0.3, 0.4) is 0 Å². The standard InChI is InChI=1S/C23H21FN2O2/c1-16(17-10-4-2-5-11-17)26(23(28)19-14-8-9-15-20(19)24)21(22(25)27)18-12-6-3-7-13-18/h2-16,21H,1H3,(H2,25,27)/t16-,21-/m1/s1. The summed E-state index contributed by atoms with van der Waals surface area (Å²) < 4.78 is 14.4. The van der Waals surface area contributed by atoms with E-state index in [1.807, 2.05) is 36.4 Å². The summed E-state index contributed by atoms with van der Waals surface area (Å²) in [5.41, 5.74) is 6.99. The lowest BCUT2D eigenvalue weighted by molar-refractivity contribution is -0.123. The maximum Gasteiger partial charge on any atom is 0.258 e. The van der Waals surface area contributed by atoms with Crippen LogP contribution in [0.25, 0.3) is 0 Å². The SMILES string of the molecule is C[C@H](c1ccccc1)N(C(=O)c1ccccc1F)[C@@H](C(N)=O)c1ccccc1. The number of carbonyl (C=O) groups is 2. The van der Waals surface area contributed by atoms with Gasteiger partial charge in [-0.1, -0.05) is 72.8 Å². The normalized spacial score (nSPS) is 12.8. The fourth-order valence-corrected chi connectivity index (χ4v) is 3.28. The summed E-state index contributed by atoms with van der Waals surface area (Å²) in [6, 6.07) is 22.3. The van der Waals surface area contributed by atoms with Gasteiger partial charge in [-0.15, -0.1) is 0 Å². The Bertz CT molecular complexity index is 961. The predicted molar refractivity (Wildman–Crippen MR) is 106 cm³/mol. The van der Waals surface area contributed by atoms with Crippen LogP contribution in [0.15, 0.2) is 84.9 Å². The summed E-state index contributed by atoms with van der Waals surface area (Å²) in [6.07, 6.45) is 0. The van der Waals surface area contributed by atoms with Gasteiger partial charge in [0.25, 0.3) is 5.91 Å². The molecule has 3 aromatic carbocycles. The molecule has 4 nitrogen and oxygen atoms in total. The highest BCUT2D eigenvalue weighted by molar-refractivity contribution is 5.98. The van der Waals surface area contributed by atoms with Gasteiger partial charge in [-0.05, 0) is 30.2 Å². The van der Waals surface area contributed by atoms with Gasteiger partial charge >= 0.3 is 0 Å². The predicted octanol–water partition coefficient (Wildman–Crippen LogP) is 4.26. The van der Waals surface area contributed by atoms with Crippen LogP contribution < -0.4 is 5.73 Å². The Kier molecular flexibility index (Phi) is 5.84. The molecule has 5 heteroatoms. The molecule has 3 rings (SSSR count). The highest BCUT2D eigenvalue weighted by Crippen LogP contribution is 2.32. The van der Waals surface area contributed by atoms with Crippen LogP contribution in [0.1, 0.15) is 40.5 Å². The van der Waals surface area contributed by atoms with Crippen LogP contribution >= 0.6 is 0 Å². The second kappa shape index (κ2) is 8.48. The summed E-state index contributed by atoms with van der Waals surface area (Å²) in [4.78, 5) is 27.2. The first-order valence-corrected chi connectivity index (χ1v) is 8.97. The third kappa shape index (κ3) is 3.93. The second-order valence-electron chi connectivity index (χ2n) is 6.49. The van der Waals surface area contributed by atoms with E-state index in [1.165, 1.54) is 23.1 Å². The third-order valence-electron chi connectivity index (χ3n) is 4.70. The number of nitrogens with zero attached hydrogens (tertiary/aromatic N) is 1. The Morgan fingerprint density at radius 1 is 0.821 bits per heavy atom. The molecule has 0 spiro atoms. The number of benzene rings is 3. The number of halogens is 1. The smallest absolute Gasteiger partial charge is 0.258 e. The minimum atomic E-state index is -1.04. The van der Waals surface area contributed by atoms with Crippen molar-refractivity contribution < 1.29 is 14.0 Å². The number of hydrogen-bond acceptors (Lipinski definition) is 2. The molecule has 142 valence electrons. The van der Waals surface area contributed by atoms with Gasteiger partial charge in [0.2, 0.25) is 5.91 Å². The molecule has 2 amide bonds. The van der Waals surface area contributed by atoms with Crippen molar-refractivity contribution in [1.82, 2.24) is 4.90 Å². The molecule has 0 bridgehead atoms. The van der Waals surface area contributed by atoms with Crippen LogP contribution in [0.2, 0.25) is 0 Å². The quantitative estimate of drug-likeness (QED) is 0.699. The zero-order valence-electron chi connectivity index (χ0n) is 15.5. The fourth-order valence-electron chi connectivity index (χ4n) is 3.28. The second-order valence-corrected chi connectivity index (χ2v) is 6.49. The molecule has 0 unspecified atom stereocenters. The van der Waals surface area contributed by atoms with Gasteiger partial charge in [-0.25, -0.2) is 4.39 Å². The van der Waals surface area contributed by atoms with E-state index < -0.39 is 29.7 Å². The Morgan fingerprint density at radius 3 is 1.86 bits per heavy atom. The molecule has 0 aliphatic carbocycles. The van der Waals surface area contributed by atoms with Gasteiger partial charge in [-0.3, -0.25) is 9.59 Å². The number of primary amides is 1. The fraction of sp³-hybridized carbons (Fsp3) is 0.130. The topological polar surface area (TPSA) is 63.4 Å². The lowest BCUT2D eigenvalue weighted by atomic mass is 9.98. The molecule has 0 saturated heterocycles. The van der Waals surface area contributed by atoms with E-state index in [9.17, 15) is 14.0 Å². The molecule has 0 aliphatic heterocycles. The highest BCUT2D eigenvalue weighted by Gasteiger charge is 2.35. The maximum absolute atomic E-state index is 14.4. The molecular formula is C23H21FN2O2. The van der Waals surface area contributed by atoms with E-state index in [-0.39, 0.29) is 5.56 Å². The average Bonchev–Trinajstić information content (AvgIpc) is 2.72. The summed E-state index contributed by atoms with van der Waals surface area (Å²) in [5.74, 6) is -1.92. The van der Waals surface area contributed by atoms with Crippen molar-refractivity contribution in [3.8, 4) is 0 Å². The maximum atomic E-state index is 14.4. The van der Waals surface area contributed by atoms with Gasteiger partial charge in [0.1, 0.15) is 11.9 Å².